The van der Waals surface area contributed by atoms with Crippen LogP contribution in [0.1, 0.15) is 11.1 Å². The number of nitrogens with zero attached hydrogens (tertiary/aromatic N) is 3. The number of thioether (sulfide) groups is 1. The van der Waals surface area contributed by atoms with E-state index in [0.29, 0.717) is 11.1 Å². The second-order valence-corrected chi connectivity index (χ2v) is 7.88. The van der Waals surface area contributed by atoms with E-state index in [0.717, 1.165) is 27.6 Å². The molecule has 0 atom stereocenters. The highest BCUT2D eigenvalue weighted by atomic mass is 32.2. The van der Waals surface area contributed by atoms with Crippen LogP contribution in [0, 0.1) is 10.1 Å². The zero-order valence-electron chi connectivity index (χ0n) is 16.1. The molecule has 0 unspecified atom stereocenters. The maximum Gasteiger partial charge on any atom is 0.293 e. The molecule has 0 radical (unpaired) electrons. The molecule has 2 heterocycles. The maximum absolute atomic E-state index is 12.8. The van der Waals surface area contributed by atoms with Crippen molar-refractivity contribution in [2.24, 2.45) is 5.73 Å². The second-order valence-electron chi connectivity index (χ2n) is 6.89. The number of nitrogens with two attached hydrogens (primary N) is 1. The molecule has 0 saturated carbocycles. The van der Waals surface area contributed by atoms with Gasteiger partial charge in [-0.25, -0.2) is 0 Å². The van der Waals surface area contributed by atoms with Crippen molar-refractivity contribution in [2.75, 3.05) is 0 Å². The number of fused-ring (bicyclic) bond motifs is 1. The molecule has 31 heavy (non-hydrogen) atoms. The number of nitro groups is 1. The van der Waals surface area contributed by atoms with E-state index in [4.69, 9.17) is 5.73 Å². The number of benzene rings is 2. The first-order chi connectivity index (χ1) is 14.8. The molecule has 1 aromatic heterocycles. The van der Waals surface area contributed by atoms with Gasteiger partial charge in [-0.1, -0.05) is 30.3 Å². The fourth-order valence-electron chi connectivity index (χ4n) is 3.37. The van der Waals surface area contributed by atoms with Crippen molar-refractivity contribution in [2.45, 2.75) is 13.1 Å². The van der Waals surface area contributed by atoms with Crippen LogP contribution in [-0.4, -0.2) is 31.4 Å². The van der Waals surface area contributed by atoms with Crippen LogP contribution in [0.4, 0.5) is 10.5 Å². The number of carbonyl (C=O) groups excluding carboxylic acids is 3. The van der Waals surface area contributed by atoms with Gasteiger partial charge in [0.15, 0.2) is 0 Å². The van der Waals surface area contributed by atoms with Gasteiger partial charge in [-0.3, -0.25) is 29.4 Å². The molecule has 0 spiro atoms. The molecule has 1 saturated heterocycles. The molecule has 2 N–H and O–H groups in total. The highest BCUT2D eigenvalue weighted by molar-refractivity contribution is 8.18. The van der Waals surface area contributed by atoms with Gasteiger partial charge < -0.3 is 10.3 Å². The molecule has 4 rings (SSSR count). The van der Waals surface area contributed by atoms with E-state index in [-0.39, 0.29) is 23.7 Å². The first-order valence-electron chi connectivity index (χ1n) is 9.18. The van der Waals surface area contributed by atoms with E-state index < -0.39 is 22.0 Å². The third kappa shape index (κ3) is 4.05. The zero-order valence-corrected chi connectivity index (χ0v) is 16.9. The van der Waals surface area contributed by atoms with Crippen LogP contribution in [0.25, 0.3) is 17.0 Å². The highest BCUT2D eigenvalue weighted by Gasteiger charge is 2.35. The van der Waals surface area contributed by atoms with Crippen molar-refractivity contribution >= 4 is 51.5 Å². The zero-order chi connectivity index (χ0) is 22.1. The lowest BCUT2D eigenvalue weighted by molar-refractivity contribution is -0.384. The lowest BCUT2D eigenvalue weighted by Gasteiger charge is -2.12. The number of non-ortho nitro benzene ring substituents is 1. The SMILES string of the molecule is NC(=O)Cn1cc(/C=C2\SC(=O)N(Cc3ccc([N+](=O)[O-])cc3)C2=O)c2ccccc21. The Morgan fingerprint density at radius 3 is 2.52 bits per heavy atom. The van der Waals surface area contributed by atoms with Gasteiger partial charge in [-0.05, 0) is 29.5 Å². The third-order valence-corrected chi connectivity index (χ3v) is 5.70. The first kappa shape index (κ1) is 20.4. The van der Waals surface area contributed by atoms with Gasteiger partial charge in [0.05, 0.1) is 16.4 Å². The Morgan fingerprint density at radius 2 is 1.84 bits per heavy atom. The molecule has 1 aliphatic rings. The predicted octanol–water partition coefficient (Wildman–Crippen LogP) is 3.27. The molecule has 3 amide bonds. The number of imide groups is 1. The Hall–Kier alpha value is -3.92. The third-order valence-electron chi connectivity index (χ3n) is 4.79. The summed E-state index contributed by atoms with van der Waals surface area (Å²) in [5, 5.41) is 11.2. The summed E-state index contributed by atoms with van der Waals surface area (Å²) in [7, 11) is 0. The van der Waals surface area contributed by atoms with E-state index in [1.54, 1.807) is 16.8 Å². The Balaban J connectivity index is 1.61. The Morgan fingerprint density at radius 1 is 1.13 bits per heavy atom. The largest absolute Gasteiger partial charge is 0.368 e. The quantitative estimate of drug-likeness (QED) is 0.359. The van der Waals surface area contributed by atoms with Gasteiger partial charge >= 0.3 is 0 Å². The number of primary amides is 1. The van der Waals surface area contributed by atoms with Crippen molar-refractivity contribution in [3.8, 4) is 0 Å². The van der Waals surface area contributed by atoms with Crippen LogP contribution >= 0.6 is 11.8 Å². The van der Waals surface area contributed by atoms with E-state index in [2.05, 4.69) is 0 Å². The summed E-state index contributed by atoms with van der Waals surface area (Å²) < 4.78 is 1.70. The smallest absolute Gasteiger partial charge is 0.293 e. The molecule has 2 aromatic carbocycles. The minimum absolute atomic E-state index is 0.00399. The molecule has 1 aliphatic heterocycles. The molecular formula is C21H16N4O5S. The van der Waals surface area contributed by atoms with Crippen LogP contribution in [0.2, 0.25) is 0 Å². The van der Waals surface area contributed by atoms with Crippen LogP contribution < -0.4 is 5.73 Å². The number of hydrogen-bond donors (Lipinski definition) is 1. The number of amides is 3. The first-order valence-corrected chi connectivity index (χ1v) is 10.00. The molecule has 1 fully saturated rings. The van der Waals surface area contributed by atoms with Gasteiger partial charge in [0, 0.05) is 34.8 Å². The van der Waals surface area contributed by atoms with Gasteiger partial charge in [0.1, 0.15) is 6.54 Å². The summed E-state index contributed by atoms with van der Waals surface area (Å²) in [6, 6.07) is 13.1. The van der Waals surface area contributed by atoms with Gasteiger partial charge in [-0.15, -0.1) is 0 Å². The molecule has 156 valence electrons. The van der Waals surface area contributed by atoms with Gasteiger partial charge in [-0.2, -0.15) is 0 Å². The lowest BCUT2D eigenvalue weighted by Crippen LogP contribution is -2.27. The van der Waals surface area contributed by atoms with Gasteiger partial charge in [0.25, 0.3) is 16.8 Å². The standard InChI is InChI=1S/C21H16N4O5S/c22-19(26)12-23-11-14(16-3-1-2-4-17(16)23)9-18-20(27)24(21(28)31-18)10-13-5-7-15(8-6-13)25(29)30/h1-9,11H,10,12H2,(H2,22,26)/b18-9-. The average Bonchev–Trinajstić information content (AvgIpc) is 3.20. The molecule has 0 bridgehead atoms. The topological polar surface area (TPSA) is 129 Å². The second kappa shape index (κ2) is 8.07. The Bertz CT molecular complexity index is 1260. The summed E-state index contributed by atoms with van der Waals surface area (Å²) in [6.45, 7) is 0.0133. The van der Waals surface area contributed by atoms with Crippen LogP contribution in [0.15, 0.2) is 59.6 Å². The molecule has 0 aliphatic carbocycles. The summed E-state index contributed by atoms with van der Waals surface area (Å²) in [6.07, 6.45) is 3.35. The highest BCUT2D eigenvalue weighted by Crippen LogP contribution is 2.35. The van der Waals surface area contributed by atoms with E-state index in [1.807, 2.05) is 24.3 Å². The van der Waals surface area contributed by atoms with E-state index in [1.165, 1.54) is 24.3 Å². The number of rotatable bonds is 6. The van der Waals surface area contributed by atoms with Crippen molar-refractivity contribution in [1.29, 1.82) is 0 Å². The Kier molecular flexibility index (Phi) is 5.30. The lowest BCUT2D eigenvalue weighted by atomic mass is 10.1. The molecule has 10 heteroatoms. The number of para-hydroxylation sites is 1. The minimum atomic E-state index is -0.513. The monoisotopic (exact) mass is 436 g/mol. The Labute approximate surface area is 180 Å². The maximum atomic E-state index is 12.8. The van der Waals surface area contributed by atoms with Crippen LogP contribution in [-0.2, 0) is 22.7 Å². The molecule has 9 nitrogen and oxygen atoms in total. The molecule has 3 aromatic rings. The summed E-state index contributed by atoms with van der Waals surface area (Å²) >= 11 is 0.825. The van der Waals surface area contributed by atoms with E-state index in [9.17, 15) is 24.5 Å². The fraction of sp³-hybridized carbons (Fsp3) is 0.0952. The number of aromatic nitrogens is 1. The minimum Gasteiger partial charge on any atom is -0.368 e. The van der Waals surface area contributed by atoms with Crippen molar-refractivity contribution in [1.82, 2.24) is 9.47 Å². The van der Waals surface area contributed by atoms with Crippen LogP contribution in [0.5, 0.6) is 0 Å². The fourth-order valence-corrected chi connectivity index (χ4v) is 4.20. The normalized spacial score (nSPS) is 15.2. The average molecular weight is 436 g/mol. The van der Waals surface area contributed by atoms with Crippen LogP contribution in [0.3, 0.4) is 0 Å². The molecular weight excluding hydrogens is 420 g/mol. The number of hydrogen-bond acceptors (Lipinski definition) is 6. The van der Waals surface area contributed by atoms with Crippen molar-refractivity contribution in [3.05, 3.63) is 80.9 Å². The number of carbonyl (C=O) groups is 3. The van der Waals surface area contributed by atoms with E-state index >= 15 is 0 Å². The summed E-state index contributed by atoms with van der Waals surface area (Å²) in [4.78, 5) is 48.3. The summed E-state index contributed by atoms with van der Waals surface area (Å²) in [5.41, 5.74) is 7.34. The summed E-state index contributed by atoms with van der Waals surface area (Å²) in [5.74, 6) is -0.934. The van der Waals surface area contributed by atoms with Crippen molar-refractivity contribution in [3.63, 3.8) is 0 Å². The predicted molar refractivity (Wildman–Crippen MR) is 116 cm³/mol. The number of nitro benzene ring substituents is 1. The van der Waals surface area contributed by atoms with Crippen molar-refractivity contribution < 1.29 is 19.3 Å². The van der Waals surface area contributed by atoms with Gasteiger partial charge in [0.2, 0.25) is 5.91 Å².